The lowest BCUT2D eigenvalue weighted by molar-refractivity contribution is 0.818. The number of hydrogen-bond acceptors (Lipinski definition) is 1. The van der Waals surface area contributed by atoms with Gasteiger partial charge in [-0.2, -0.15) is 0 Å². The summed E-state index contributed by atoms with van der Waals surface area (Å²) in [5.41, 5.74) is 8.48. The Balaban J connectivity index is 2.33. The monoisotopic (exact) mass is 449 g/mol. The predicted octanol–water partition coefficient (Wildman–Crippen LogP) is 3.99. The molecule has 2 rings (SSSR count). The van der Waals surface area contributed by atoms with Crippen LogP contribution >= 0.6 is 45.2 Å². The van der Waals surface area contributed by atoms with Crippen LogP contribution in [0.4, 0.5) is 0 Å². The zero-order valence-corrected chi connectivity index (χ0v) is 13.6. The van der Waals surface area contributed by atoms with Crippen LogP contribution in [0.3, 0.4) is 0 Å². The molecule has 0 heterocycles. The molecule has 3 heteroatoms. The molecular weight excluding hydrogens is 436 g/mol. The first-order chi connectivity index (χ1) is 8.20. The van der Waals surface area contributed by atoms with E-state index in [0.29, 0.717) is 12.5 Å². The summed E-state index contributed by atoms with van der Waals surface area (Å²) in [5.74, 6) is 0.295. The van der Waals surface area contributed by atoms with Crippen molar-refractivity contribution < 1.29 is 0 Å². The molecule has 0 fully saturated rings. The topological polar surface area (TPSA) is 26.0 Å². The number of benzene rings is 2. The van der Waals surface area contributed by atoms with Crippen molar-refractivity contribution in [3.8, 4) is 0 Å². The van der Waals surface area contributed by atoms with Gasteiger partial charge in [0.05, 0.1) is 0 Å². The third-order valence-electron chi connectivity index (χ3n) is 2.78. The van der Waals surface area contributed by atoms with Crippen LogP contribution in [-0.4, -0.2) is 6.54 Å². The van der Waals surface area contributed by atoms with Gasteiger partial charge in [0.2, 0.25) is 0 Å². The second-order valence-electron chi connectivity index (χ2n) is 3.89. The molecule has 2 aromatic carbocycles. The summed E-state index contributed by atoms with van der Waals surface area (Å²) in [7, 11) is 0. The molecule has 2 aromatic rings. The fourth-order valence-electron chi connectivity index (χ4n) is 1.85. The molecule has 0 unspecified atom stereocenters. The molecule has 0 aliphatic carbocycles. The van der Waals surface area contributed by atoms with Crippen molar-refractivity contribution in [1.29, 1.82) is 0 Å². The quantitative estimate of drug-likeness (QED) is 0.706. The van der Waals surface area contributed by atoms with Gasteiger partial charge in [0.15, 0.2) is 0 Å². The molecule has 2 N–H and O–H groups in total. The number of nitrogens with two attached hydrogens (primary N) is 1. The third-order valence-corrected chi connectivity index (χ3v) is 4.22. The highest BCUT2D eigenvalue weighted by molar-refractivity contribution is 14.1. The first-order valence-corrected chi connectivity index (χ1v) is 7.57. The van der Waals surface area contributed by atoms with E-state index in [0.717, 1.165) is 0 Å². The van der Waals surface area contributed by atoms with Crippen molar-refractivity contribution >= 4 is 45.2 Å². The number of halogens is 2. The highest BCUT2D eigenvalue weighted by atomic mass is 127. The molecular formula is C14H13I2N. The average molecular weight is 449 g/mol. The van der Waals surface area contributed by atoms with Crippen LogP contribution in [0.25, 0.3) is 0 Å². The van der Waals surface area contributed by atoms with Gasteiger partial charge in [-0.05, 0) is 80.6 Å². The second-order valence-corrected chi connectivity index (χ2v) is 6.38. The number of rotatable bonds is 3. The minimum atomic E-state index is 0.295. The maximum Gasteiger partial charge on any atom is 0.0212 e. The normalized spacial score (nSPS) is 10.8. The fourth-order valence-corrected chi connectivity index (χ4v) is 2.57. The Morgan fingerprint density at radius 3 is 1.41 bits per heavy atom. The van der Waals surface area contributed by atoms with Crippen LogP contribution < -0.4 is 5.73 Å². The molecule has 0 saturated heterocycles. The first-order valence-electron chi connectivity index (χ1n) is 5.41. The van der Waals surface area contributed by atoms with E-state index in [-0.39, 0.29) is 0 Å². The van der Waals surface area contributed by atoms with Gasteiger partial charge >= 0.3 is 0 Å². The molecule has 0 radical (unpaired) electrons. The summed E-state index contributed by atoms with van der Waals surface area (Å²) in [6.07, 6.45) is 0. The lowest BCUT2D eigenvalue weighted by Gasteiger charge is -2.16. The van der Waals surface area contributed by atoms with Gasteiger partial charge in [0.25, 0.3) is 0 Å². The molecule has 17 heavy (non-hydrogen) atoms. The first kappa shape index (κ1) is 13.3. The predicted molar refractivity (Wildman–Crippen MR) is 89.2 cm³/mol. The van der Waals surface area contributed by atoms with Gasteiger partial charge in [-0.1, -0.05) is 24.3 Å². The van der Waals surface area contributed by atoms with Gasteiger partial charge in [-0.25, -0.2) is 0 Å². The summed E-state index contributed by atoms with van der Waals surface area (Å²) in [5, 5.41) is 0. The number of hydrogen-bond donors (Lipinski definition) is 1. The summed E-state index contributed by atoms with van der Waals surface area (Å²) in [4.78, 5) is 0. The van der Waals surface area contributed by atoms with E-state index < -0.39 is 0 Å². The maximum atomic E-state index is 5.91. The standard InChI is InChI=1S/C14H13I2N/c15-12-5-1-10(2-6-12)14(9-17)11-3-7-13(16)8-4-11/h1-8,14H,9,17H2. The van der Waals surface area contributed by atoms with Crippen LogP contribution in [0.1, 0.15) is 17.0 Å². The Morgan fingerprint density at radius 1 is 0.765 bits per heavy atom. The lowest BCUT2D eigenvalue weighted by Crippen LogP contribution is -2.13. The van der Waals surface area contributed by atoms with Crippen molar-refractivity contribution in [2.24, 2.45) is 5.73 Å². The Labute approximate surface area is 129 Å². The zero-order chi connectivity index (χ0) is 12.3. The molecule has 0 aliphatic heterocycles. The molecule has 0 bridgehead atoms. The summed E-state index contributed by atoms with van der Waals surface area (Å²) >= 11 is 4.64. The highest BCUT2D eigenvalue weighted by Crippen LogP contribution is 2.24. The van der Waals surface area contributed by atoms with Crippen LogP contribution in [0.2, 0.25) is 0 Å². The SMILES string of the molecule is NCC(c1ccc(I)cc1)c1ccc(I)cc1. The fraction of sp³-hybridized carbons (Fsp3) is 0.143. The van der Waals surface area contributed by atoms with E-state index >= 15 is 0 Å². The zero-order valence-electron chi connectivity index (χ0n) is 9.24. The van der Waals surface area contributed by atoms with Crippen LogP contribution in [-0.2, 0) is 0 Å². The minimum Gasteiger partial charge on any atom is -0.330 e. The largest absolute Gasteiger partial charge is 0.330 e. The Hall–Kier alpha value is -0.140. The third kappa shape index (κ3) is 3.42. The Kier molecular flexibility index (Phi) is 4.81. The molecule has 0 atom stereocenters. The van der Waals surface area contributed by atoms with Gasteiger partial charge in [0.1, 0.15) is 0 Å². The van der Waals surface area contributed by atoms with E-state index in [1.54, 1.807) is 0 Å². The molecule has 0 saturated carbocycles. The van der Waals surface area contributed by atoms with Crippen LogP contribution in [0.15, 0.2) is 48.5 Å². The van der Waals surface area contributed by atoms with Gasteiger partial charge < -0.3 is 5.73 Å². The van der Waals surface area contributed by atoms with E-state index in [1.165, 1.54) is 18.3 Å². The lowest BCUT2D eigenvalue weighted by atomic mass is 9.92. The van der Waals surface area contributed by atoms with E-state index in [4.69, 9.17) is 5.73 Å². The van der Waals surface area contributed by atoms with Crippen molar-refractivity contribution in [1.82, 2.24) is 0 Å². The van der Waals surface area contributed by atoms with Gasteiger partial charge in [0, 0.05) is 19.6 Å². The van der Waals surface area contributed by atoms with Crippen molar-refractivity contribution in [3.05, 3.63) is 66.8 Å². The van der Waals surface area contributed by atoms with E-state index in [9.17, 15) is 0 Å². The summed E-state index contributed by atoms with van der Waals surface area (Å²) in [6.45, 7) is 0.640. The summed E-state index contributed by atoms with van der Waals surface area (Å²) < 4.78 is 2.51. The Morgan fingerprint density at radius 2 is 1.12 bits per heavy atom. The smallest absolute Gasteiger partial charge is 0.0212 e. The molecule has 0 amide bonds. The molecule has 0 aromatic heterocycles. The van der Waals surface area contributed by atoms with Crippen LogP contribution in [0, 0.1) is 7.14 Å². The maximum absolute atomic E-state index is 5.91. The van der Waals surface area contributed by atoms with Crippen molar-refractivity contribution in [2.75, 3.05) is 6.54 Å². The Bertz CT molecular complexity index is 431. The second kappa shape index (κ2) is 6.15. The highest BCUT2D eigenvalue weighted by Gasteiger charge is 2.11. The molecule has 88 valence electrons. The molecule has 0 spiro atoms. The van der Waals surface area contributed by atoms with E-state index in [1.807, 2.05) is 0 Å². The summed E-state index contributed by atoms with van der Waals surface area (Å²) in [6, 6.07) is 17.2. The van der Waals surface area contributed by atoms with E-state index in [2.05, 4.69) is 93.7 Å². The van der Waals surface area contributed by atoms with Crippen molar-refractivity contribution in [3.63, 3.8) is 0 Å². The van der Waals surface area contributed by atoms with Gasteiger partial charge in [-0.3, -0.25) is 0 Å². The average Bonchev–Trinajstić information content (AvgIpc) is 2.35. The minimum absolute atomic E-state index is 0.295. The van der Waals surface area contributed by atoms with Crippen molar-refractivity contribution in [2.45, 2.75) is 5.92 Å². The molecule has 1 nitrogen and oxygen atoms in total. The van der Waals surface area contributed by atoms with Crippen LogP contribution in [0.5, 0.6) is 0 Å². The molecule has 0 aliphatic rings. The van der Waals surface area contributed by atoms with Gasteiger partial charge in [-0.15, -0.1) is 0 Å².